The lowest BCUT2D eigenvalue weighted by atomic mass is 9.98. The quantitative estimate of drug-likeness (QED) is 0.351. The Hall–Kier alpha value is -4.17. The zero-order valence-electron chi connectivity index (χ0n) is 22.6. The molecule has 0 aromatic heterocycles. The van der Waals surface area contributed by atoms with Gasteiger partial charge >= 0.3 is 12.1 Å². The Morgan fingerprint density at radius 1 is 0.925 bits per heavy atom. The van der Waals surface area contributed by atoms with Crippen molar-refractivity contribution in [3.63, 3.8) is 0 Å². The average Bonchev–Trinajstić information content (AvgIpc) is 3.54. The van der Waals surface area contributed by atoms with E-state index in [4.69, 9.17) is 4.74 Å². The van der Waals surface area contributed by atoms with Crippen LogP contribution in [0.4, 0.5) is 4.79 Å². The predicted octanol–water partition coefficient (Wildman–Crippen LogP) is 4.40. The van der Waals surface area contributed by atoms with Gasteiger partial charge in [-0.25, -0.2) is 9.59 Å². The molecular weight excluding hydrogens is 506 g/mol. The molecule has 3 aromatic rings. The van der Waals surface area contributed by atoms with Crippen LogP contribution in [0, 0.1) is 5.92 Å². The van der Waals surface area contributed by atoms with Gasteiger partial charge in [-0.15, -0.1) is 0 Å². The van der Waals surface area contributed by atoms with Crippen molar-refractivity contribution in [1.82, 2.24) is 15.5 Å². The highest BCUT2D eigenvalue weighted by molar-refractivity contribution is 5.85. The van der Waals surface area contributed by atoms with Gasteiger partial charge in [-0.05, 0) is 54.1 Å². The van der Waals surface area contributed by atoms with Crippen molar-refractivity contribution in [3.8, 4) is 11.1 Å². The van der Waals surface area contributed by atoms with Crippen molar-refractivity contribution in [2.45, 2.75) is 43.8 Å². The van der Waals surface area contributed by atoms with E-state index < -0.39 is 18.1 Å². The van der Waals surface area contributed by atoms with Crippen LogP contribution >= 0.6 is 0 Å². The molecule has 2 amide bonds. The molecule has 208 valence electrons. The number of carbonyl (C=O) groups is 3. The first-order valence-electron chi connectivity index (χ1n) is 13.8. The molecular formula is C32H35N3O5. The number of benzene rings is 3. The van der Waals surface area contributed by atoms with Gasteiger partial charge in [-0.3, -0.25) is 9.69 Å². The van der Waals surface area contributed by atoms with Crippen molar-refractivity contribution >= 4 is 18.0 Å². The van der Waals surface area contributed by atoms with E-state index in [0.717, 1.165) is 16.7 Å². The first-order chi connectivity index (χ1) is 19.4. The minimum absolute atomic E-state index is 0.0202. The van der Waals surface area contributed by atoms with E-state index in [-0.39, 0.29) is 36.9 Å². The summed E-state index contributed by atoms with van der Waals surface area (Å²) < 4.78 is 5.65. The van der Waals surface area contributed by atoms with E-state index >= 15 is 0 Å². The summed E-state index contributed by atoms with van der Waals surface area (Å²) in [6.07, 6.45) is 1.15. The van der Waals surface area contributed by atoms with Crippen molar-refractivity contribution in [3.05, 3.63) is 95.6 Å². The Labute approximate surface area is 234 Å². The van der Waals surface area contributed by atoms with Gasteiger partial charge in [0.15, 0.2) is 0 Å². The fourth-order valence-corrected chi connectivity index (χ4v) is 5.90. The van der Waals surface area contributed by atoms with Gasteiger partial charge in [0, 0.05) is 31.0 Å². The number of aliphatic carboxylic acids is 1. The minimum atomic E-state index is -1.07. The highest BCUT2D eigenvalue weighted by Gasteiger charge is 2.34. The van der Waals surface area contributed by atoms with E-state index in [1.165, 1.54) is 11.1 Å². The zero-order valence-corrected chi connectivity index (χ0v) is 22.6. The summed E-state index contributed by atoms with van der Waals surface area (Å²) in [6.45, 7) is 0.994. The molecule has 0 bridgehead atoms. The van der Waals surface area contributed by atoms with Crippen molar-refractivity contribution in [2.24, 2.45) is 5.92 Å². The van der Waals surface area contributed by atoms with Gasteiger partial charge in [0.1, 0.15) is 12.6 Å². The third-order valence-electron chi connectivity index (χ3n) is 7.87. The normalized spacial score (nSPS) is 18.6. The second-order valence-electron chi connectivity index (χ2n) is 10.8. The number of likely N-dealkylation sites (N-methyl/N-ethyl adjacent to an activating group) is 1. The number of hydrogen-bond donors (Lipinski definition) is 3. The largest absolute Gasteiger partial charge is 0.480 e. The topological polar surface area (TPSA) is 108 Å². The minimum Gasteiger partial charge on any atom is -0.480 e. The highest BCUT2D eigenvalue weighted by atomic mass is 16.5. The maximum Gasteiger partial charge on any atom is 0.407 e. The van der Waals surface area contributed by atoms with Crippen LogP contribution in [0.25, 0.3) is 11.1 Å². The number of nitrogens with zero attached hydrogens (tertiary/aromatic N) is 1. The molecule has 5 rings (SSSR count). The van der Waals surface area contributed by atoms with Gasteiger partial charge in [0.25, 0.3) is 0 Å². The van der Waals surface area contributed by atoms with Crippen LogP contribution in [0.5, 0.6) is 0 Å². The number of carboxylic acids is 1. The zero-order chi connectivity index (χ0) is 28.1. The molecule has 3 unspecified atom stereocenters. The lowest BCUT2D eigenvalue weighted by molar-refractivity contribution is -0.143. The van der Waals surface area contributed by atoms with Crippen LogP contribution in [0.1, 0.15) is 41.9 Å². The van der Waals surface area contributed by atoms with Crippen LogP contribution in [0.15, 0.2) is 78.9 Å². The Morgan fingerprint density at radius 3 is 2.20 bits per heavy atom. The second-order valence-corrected chi connectivity index (χ2v) is 10.8. The van der Waals surface area contributed by atoms with Crippen LogP contribution in [-0.2, 0) is 20.9 Å². The van der Waals surface area contributed by atoms with Gasteiger partial charge in [-0.2, -0.15) is 0 Å². The fourth-order valence-electron chi connectivity index (χ4n) is 5.90. The van der Waals surface area contributed by atoms with Gasteiger partial charge in [-0.1, -0.05) is 78.9 Å². The monoisotopic (exact) mass is 541 g/mol. The van der Waals surface area contributed by atoms with Crippen LogP contribution in [-0.4, -0.2) is 60.3 Å². The van der Waals surface area contributed by atoms with E-state index in [2.05, 4.69) is 34.9 Å². The number of hydrogen-bond acceptors (Lipinski definition) is 5. The second kappa shape index (κ2) is 12.3. The molecule has 1 fully saturated rings. The number of nitrogens with one attached hydrogen (secondary N) is 2. The molecule has 3 aromatic carbocycles. The molecule has 2 aliphatic carbocycles. The molecule has 0 radical (unpaired) electrons. The number of alkyl carbamates (subject to hydrolysis) is 1. The molecule has 0 spiro atoms. The third-order valence-corrected chi connectivity index (χ3v) is 7.87. The summed E-state index contributed by atoms with van der Waals surface area (Å²) in [7, 11) is 1.83. The molecule has 40 heavy (non-hydrogen) atoms. The highest BCUT2D eigenvalue weighted by Crippen LogP contribution is 2.44. The van der Waals surface area contributed by atoms with Crippen LogP contribution < -0.4 is 10.6 Å². The standard InChI is InChI=1S/C32H35N3O5/c1-35(18-21-9-3-2-4-10-21)19-29(31(37)38)34-30(36)22-15-16-23(17-22)33-32(39)40-20-28-26-13-7-5-11-24(26)25-12-6-8-14-27(25)28/h2-14,22-23,28-29H,15-20H2,1H3,(H,33,39)(H,34,36)(H,37,38). The number of carbonyl (C=O) groups excluding carboxylic acids is 2. The lowest BCUT2D eigenvalue weighted by Crippen LogP contribution is -2.49. The third kappa shape index (κ3) is 6.34. The Bertz CT molecular complexity index is 1320. The first kappa shape index (κ1) is 27.4. The molecule has 2 aliphatic rings. The molecule has 3 atom stereocenters. The summed E-state index contributed by atoms with van der Waals surface area (Å²) >= 11 is 0. The average molecular weight is 542 g/mol. The van der Waals surface area contributed by atoms with Gasteiger partial charge in [0.05, 0.1) is 0 Å². The maximum absolute atomic E-state index is 12.9. The van der Waals surface area contributed by atoms with E-state index in [9.17, 15) is 19.5 Å². The molecule has 8 heteroatoms. The Balaban J connectivity index is 1.09. The van der Waals surface area contributed by atoms with E-state index in [0.29, 0.717) is 25.8 Å². The molecule has 0 saturated heterocycles. The number of carboxylic acid groups (broad SMARTS) is 1. The number of fused-ring (bicyclic) bond motifs is 3. The van der Waals surface area contributed by atoms with Gasteiger partial charge in [0.2, 0.25) is 5.91 Å². The van der Waals surface area contributed by atoms with Crippen molar-refractivity contribution in [1.29, 1.82) is 0 Å². The molecule has 0 heterocycles. The molecule has 0 aliphatic heterocycles. The van der Waals surface area contributed by atoms with Crippen molar-refractivity contribution < 1.29 is 24.2 Å². The van der Waals surface area contributed by atoms with Crippen LogP contribution in [0.2, 0.25) is 0 Å². The Kier molecular flexibility index (Phi) is 8.45. The lowest BCUT2D eigenvalue weighted by Gasteiger charge is -2.23. The summed E-state index contributed by atoms with van der Waals surface area (Å²) in [4.78, 5) is 39.4. The number of rotatable bonds is 10. The number of ether oxygens (including phenoxy) is 1. The molecule has 1 saturated carbocycles. The van der Waals surface area contributed by atoms with Gasteiger partial charge < -0.3 is 20.5 Å². The Morgan fingerprint density at radius 2 is 1.55 bits per heavy atom. The van der Waals surface area contributed by atoms with Crippen LogP contribution in [0.3, 0.4) is 0 Å². The maximum atomic E-state index is 12.9. The van der Waals surface area contributed by atoms with E-state index in [1.807, 2.05) is 66.5 Å². The summed E-state index contributed by atoms with van der Waals surface area (Å²) in [5, 5.41) is 15.3. The molecule has 3 N–H and O–H groups in total. The summed E-state index contributed by atoms with van der Waals surface area (Å²) in [5.74, 6) is -1.75. The van der Waals surface area contributed by atoms with Crippen molar-refractivity contribution in [2.75, 3.05) is 20.2 Å². The fraction of sp³-hybridized carbons (Fsp3) is 0.344. The SMILES string of the molecule is CN(Cc1ccccc1)CC(NC(=O)C1CCC(NC(=O)OCC2c3ccccc3-c3ccccc32)C1)C(=O)O. The smallest absolute Gasteiger partial charge is 0.407 e. The molecule has 8 nitrogen and oxygen atoms in total. The van der Waals surface area contributed by atoms with E-state index in [1.54, 1.807) is 0 Å². The first-order valence-corrected chi connectivity index (χ1v) is 13.8. The number of amides is 2. The predicted molar refractivity (Wildman–Crippen MR) is 152 cm³/mol. The summed E-state index contributed by atoms with van der Waals surface area (Å²) in [6, 6.07) is 24.9. The summed E-state index contributed by atoms with van der Waals surface area (Å²) in [5.41, 5.74) is 5.71.